The van der Waals surface area contributed by atoms with Gasteiger partial charge in [-0.1, -0.05) is 51.0 Å². The minimum absolute atomic E-state index is 0.106. The van der Waals surface area contributed by atoms with Crippen molar-refractivity contribution in [1.29, 1.82) is 5.26 Å². The van der Waals surface area contributed by atoms with E-state index in [1.807, 2.05) is 30.3 Å². The van der Waals surface area contributed by atoms with E-state index < -0.39 is 5.97 Å². The summed E-state index contributed by atoms with van der Waals surface area (Å²) in [7, 11) is 0. The van der Waals surface area contributed by atoms with Gasteiger partial charge in [-0.3, -0.25) is 4.79 Å². The fourth-order valence-electron chi connectivity index (χ4n) is 2.90. The number of carbonyl (C=O) groups is 2. The molecule has 0 radical (unpaired) electrons. The standard InChI is InChI=1S/C21H26N2O3/c1-16(2)18-9-7-17(8-10-18)13-19(14-22)21(25)26-15-20(24)23-11-5-3-4-6-12-23/h7-10,13,16H,3-6,11-12,15H2,1-2H3/b19-13+. The number of carbonyl (C=O) groups excluding carboxylic acids is 2. The first-order valence-electron chi connectivity index (χ1n) is 9.18. The molecule has 1 heterocycles. The molecule has 1 aliphatic heterocycles. The summed E-state index contributed by atoms with van der Waals surface area (Å²) in [6, 6.07) is 9.53. The van der Waals surface area contributed by atoms with Crippen molar-refractivity contribution in [2.75, 3.05) is 19.7 Å². The van der Waals surface area contributed by atoms with Gasteiger partial charge >= 0.3 is 5.97 Å². The Morgan fingerprint density at radius 3 is 2.31 bits per heavy atom. The molecule has 1 saturated heterocycles. The van der Waals surface area contributed by atoms with Crippen molar-refractivity contribution in [1.82, 2.24) is 4.90 Å². The Kier molecular flexibility index (Phi) is 7.40. The minimum atomic E-state index is -0.761. The van der Waals surface area contributed by atoms with E-state index in [0.717, 1.165) is 31.2 Å². The summed E-state index contributed by atoms with van der Waals surface area (Å²) >= 11 is 0. The van der Waals surface area contributed by atoms with Crippen LogP contribution in [0.2, 0.25) is 0 Å². The zero-order chi connectivity index (χ0) is 18.9. The maximum atomic E-state index is 12.2. The Balaban J connectivity index is 1.95. The summed E-state index contributed by atoms with van der Waals surface area (Å²) in [5, 5.41) is 9.24. The van der Waals surface area contributed by atoms with Crippen LogP contribution in [0.15, 0.2) is 29.8 Å². The third-order valence-electron chi connectivity index (χ3n) is 4.54. The summed E-state index contributed by atoms with van der Waals surface area (Å²) in [4.78, 5) is 26.0. The van der Waals surface area contributed by atoms with E-state index in [2.05, 4.69) is 13.8 Å². The Morgan fingerprint density at radius 1 is 1.15 bits per heavy atom. The molecule has 0 saturated carbocycles. The molecule has 0 N–H and O–H groups in total. The van der Waals surface area contributed by atoms with Crippen LogP contribution in [0, 0.1) is 11.3 Å². The van der Waals surface area contributed by atoms with Crippen molar-refractivity contribution < 1.29 is 14.3 Å². The van der Waals surface area contributed by atoms with Crippen LogP contribution in [0.3, 0.4) is 0 Å². The van der Waals surface area contributed by atoms with Crippen molar-refractivity contribution in [2.45, 2.75) is 45.4 Å². The van der Waals surface area contributed by atoms with E-state index in [1.165, 1.54) is 11.6 Å². The number of hydrogen-bond donors (Lipinski definition) is 0. The largest absolute Gasteiger partial charge is 0.451 e. The highest BCUT2D eigenvalue weighted by Gasteiger charge is 2.18. The molecule has 1 aromatic rings. The smallest absolute Gasteiger partial charge is 0.349 e. The summed E-state index contributed by atoms with van der Waals surface area (Å²) in [5.74, 6) is -0.541. The van der Waals surface area contributed by atoms with E-state index in [4.69, 9.17) is 4.74 Å². The number of likely N-dealkylation sites (tertiary alicyclic amines) is 1. The van der Waals surface area contributed by atoms with Gasteiger partial charge in [0.2, 0.25) is 0 Å². The van der Waals surface area contributed by atoms with Crippen LogP contribution in [0.25, 0.3) is 6.08 Å². The number of esters is 1. The van der Waals surface area contributed by atoms with Gasteiger partial charge in [0.1, 0.15) is 11.6 Å². The fraction of sp³-hybridized carbons (Fsp3) is 0.476. The number of rotatable bonds is 5. The van der Waals surface area contributed by atoms with Gasteiger partial charge in [-0.15, -0.1) is 0 Å². The minimum Gasteiger partial charge on any atom is -0.451 e. The molecule has 0 unspecified atom stereocenters. The van der Waals surface area contributed by atoms with Gasteiger partial charge in [-0.25, -0.2) is 4.79 Å². The van der Waals surface area contributed by atoms with Crippen molar-refractivity contribution >= 4 is 18.0 Å². The lowest BCUT2D eigenvalue weighted by atomic mass is 10.0. The zero-order valence-electron chi connectivity index (χ0n) is 15.5. The van der Waals surface area contributed by atoms with Crippen molar-refractivity contribution in [3.63, 3.8) is 0 Å². The molecule has 1 aliphatic rings. The SMILES string of the molecule is CC(C)c1ccc(/C=C(\C#N)C(=O)OCC(=O)N2CCCCCC2)cc1. The molecular weight excluding hydrogens is 328 g/mol. The first kappa shape index (κ1) is 19.7. The van der Waals surface area contributed by atoms with Gasteiger partial charge in [-0.2, -0.15) is 5.26 Å². The molecule has 0 atom stereocenters. The highest BCUT2D eigenvalue weighted by molar-refractivity contribution is 5.98. The molecule has 138 valence electrons. The maximum absolute atomic E-state index is 12.2. The molecule has 26 heavy (non-hydrogen) atoms. The Bertz CT molecular complexity index is 691. The molecule has 0 aliphatic carbocycles. The lowest BCUT2D eigenvalue weighted by Crippen LogP contribution is -2.35. The molecule has 1 fully saturated rings. The summed E-state index contributed by atoms with van der Waals surface area (Å²) in [6.45, 7) is 5.30. The topological polar surface area (TPSA) is 70.4 Å². The molecule has 1 aromatic carbocycles. The third-order valence-corrected chi connectivity index (χ3v) is 4.54. The maximum Gasteiger partial charge on any atom is 0.349 e. The molecule has 0 bridgehead atoms. The molecular formula is C21H26N2O3. The van der Waals surface area contributed by atoms with Crippen LogP contribution in [0.1, 0.15) is 56.6 Å². The first-order chi connectivity index (χ1) is 12.5. The van der Waals surface area contributed by atoms with E-state index in [-0.39, 0.29) is 18.1 Å². The van der Waals surface area contributed by atoms with Crippen molar-refractivity contribution in [2.24, 2.45) is 0 Å². The molecule has 5 nitrogen and oxygen atoms in total. The lowest BCUT2D eigenvalue weighted by Gasteiger charge is -2.19. The van der Waals surface area contributed by atoms with Gasteiger partial charge in [0.15, 0.2) is 6.61 Å². The number of amides is 1. The summed E-state index contributed by atoms with van der Waals surface area (Å²) in [6.07, 6.45) is 5.70. The normalized spacial score (nSPS) is 15.3. The van der Waals surface area contributed by atoms with Crippen LogP contribution in [-0.2, 0) is 14.3 Å². The van der Waals surface area contributed by atoms with Gasteiger partial charge in [0, 0.05) is 13.1 Å². The van der Waals surface area contributed by atoms with Gasteiger partial charge in [0.05, 0.1) is 0 Å². The Hall–Kier alpha value is -2.61. The Labute approximate surface area is 155 Å². The van der Waals surface area contributed by atoms with Crippen LogP contribution in [-0.4, -0.2) is 36.5 Å². The van der Waals surface area contributed by atoms with Crippen molar-refractivity contribution in [3.05, 3.63) is 41.0 Å². The number of benzene rings is 1. The van der Waals surface area contributed by atoms with Crippen LogP contribution >= 0.6 is 0 Å². The van der Waals surface area contributed by atoms with Crippen LogP contribution in [0.5, 0.6) is 0 Å². The zero-order valence-corrected chi connectivity index (χ0v) is 15.5. The predicted octanol–water partition coefficient (Wildman–Crippen LogP) is 3.66. The molecule has 2 rings (SSSR count). The van der Waals surface area contributed by atoms with Crippen LogP contribution < -0.4 is 0 Å². The van der Waals surface area contributed by atoms with E-state index >= 15 is 0 Å². The van der Waals surface area contributed by atoms with Crippen LogP contribution in [0.4, 0.5) is 0 Å². The quantitative estimate of drug-likeness (QED) is 0.460. The van der Waals surface area contributed by atoms with E-state index in [9.17, 15) is 14.9 Å². The Morgan fingerprint density at radius 2 is 1.77 bits per heavy atom. The van der Waals surface area contributed by atoms with E-state index in [0.29, 0.717) is 19.0 Å². The second-order valence-corrected chi connectivity index (χ2v) is 6.86. The fourth-order valence-corrected chi connectivity index (χ4v) is 2.90. The third kappa shape index (κ3) is 5.73. The van der Waals surface area contributed by atoms with Gasteiger partial charge in [-0.05, 0) is 36.0 Å². The predicted molar refractivity (Wildman–Crippen MR) is 100 cm³/mol. The molecule has 0 aromatic heterocycles. The second kappa shape index (κ2) is 9.76. The average molecular weight is 354 g/mol. The van der Waals surface area contributed by atoms with Gasteiger partial charge in [0.25, 0.3) is 5.91 Å². The number of hydrogen-bond acceptors (Lipinski definition) is 4. The lowest BCUT2D eigenvalue weighted by molar-refractivity contribution is -0.148. The average Bonchev–Trinajstić information content (AvgIpc) is 2.93. The highest BCUT2D eigenvalue weighted by Crippen LogP contribution is 2.16. The number of nitrogens with zero attached hydrogens (tertiary/aromatic N) is 2. The van der Waals surface area contributed by atoms with Gasteiger partial charge < -0.3 is 9.64 Å². The number of ether oxygens (including phenoxy) is 1. The second-order valence-electron chi connectivity index (χ2n) is 6.86. The number of nitriles is 1. The highest BCUT2D eigenvalue weighted by atomic mass is 16.5. The summed E-state index contributed by atoms with van der Waals surface area (Å²) < 4.78 is 5.06. The van der Waals surface area contributed by atoms with Crippen molar-refractivity contribution in [3.8, 4) is 6.07 Å². The first-order valence-corrected chi connectivity index (χ1v) is 9.18. The van der Waals surface area contributed by atoms with E-state index in [1.54, 1.807) is 4.90 Å². The summed E-state index contributed by atoms with van der Waals surface area (Å²) in [5.41, 5.74) is 1.83. The molecule has 0 spiro atoms. The molecule has 5 heteroatoms. The molecule has 1 amide bonds. The monoisotopic (exact) mass is 354 g/mol.